The molecule has 0 spiro atoms. The minimum absolute atomic E-state index is 0.237. The van der Waals surface area contributed by atoms with Gasteiger partial charge in [0.15, 0.2) is 0 Å². The normalized spacial score (nSPS) is 12.7. The van der Waals surface area contributed by atoms with Gasteiger partial charge >= 0.3 is 6.03 Å². The molecule has 27 heavy (non-hydrogen) atoms. The van der Waals surface area contributed by atoms with E-state index in [1.54, 1.807) is 50.2 Å². The Kier molecular flexibility index (Phi) is 5.14. The van der Waals surface area contributed by atoms with Gasteiger partial charge in [0, 0.05) is 22.3 Å². The van der Waals surface area contributed by atoms with Crippen LogP contribution in [0.3, 0.4) is 0 Å². The van der Waals surface area contributed by atoms with E-state index in [9.17, 15) is 14.4 Å². The number of fused-ring (bicyclic) bond motifs is 1. The highest BCUT2D eigenvalue weighted by Gasteiger charge is 2.37. The fourth-order valence-corrected chi connectivity index (χ4v) is 3.14. The Hall–Kier alpha value is -3.31. The lowest BCUT2D eigenvalue weighted by Gasteiger charge is -2.17. The summed E-state index contributed by atoms with van der Waals surface area (Å²) in [5.74, 6) is -0.684. The first-order chi connectivity index (χ1) is 12.9. The quantitative estimate of drug-likeness (QED) is 0.476. The molecule has 0 aliphatic carbocycles. The van der Waals surface area contributed by atoms with Crippen LogP contribution >= 0.6 is 11.8 Å². The summed E-state index contributed by atoms with van der Waals surface area (Å²) in [6.07, 6.45) is 0. The van der Waals surface area contributed by atoms with Gasteiger partial charge in [-0.25, -0.2) is 4.79 Å². The summed E-state index contributed by atoms with van der Waals surface area (Å²) in [6.45, 7) is 3.55. The summed E-state index contributed by atoms with van der Waals surface area (Å²) in [5, 5.41) is 15.9. The molecule has 0 aromatic heterocycles. The molecule has 2 aromatic carbocycles. The van der Waals surface area contributed by atoms with Crippen molar-refractivity contribution in [2.75, 3.05) is 10.6 Å². The van der Waals surface area contributed by atoms with Crippen molar-refractivity contribution in [3.05, 3.63) is 53.6 Å². The average molecular weight is 380 g/mol. The van der Waals surface area contributed by atoms with Crippen molar-refractivity contribution in [2.45, 2.75) is 24.8 Å². The van der Waals surface area contributed by atoms with Crippen molar-refractivity contribution in [2.24, 2.45) is 0 Å². The molecule has 136 valence electrons. The molecule has 1 aliphatic rings. The molecular formula is C19H16N4O3S. The van der Waals surface area contributed by atoms with Crippen LogP contribution in [0.1, 0.15) is 34.6 Å². The van der Waals surface area contributed by atoms with E-state index in [1.165, 1.54) is 11.0 Å². The number of imide groups is 1. The Labute approximate surface area is 160 Å². The van der Waals surface area contributed by atoms with E-state index in [-0.39, 0.29) is 23.4 Å². The predicted octanol–water partition coefficient (Wildman–Crippen LogP) is 3.91. The smallest absolute Gasteiger partial charge is 0.308 e. The molecule has 8 heteroatoms. The zero-order valence-corrected chi connectivity index (χ0v) is 15.5. The van der Waals surface area contributed by atoms with Gasteiger partial charge in [-0.15, -0.1) is 0 Å². The molecule has 0 atom stereocenters. The molecule has 0 unspecified atom stereocenters. The third kappa shape index (κ3) is 3.78. The number of thiocyanates is 1. The van der Waals surface area contributed by atoms with Crippen LogP contribution in [0.5, 0.6) is 0 Å². The van der Waals surface area contributed by atoms with Crippen molar-refractivity contribution in [1.29, 1.82) is 5.26 Å². The highest BCUT2D eigenvalue weighted by atomic mass is 32.2. The number of urea groups is 1. The highest BCUT2D eigenvalue weighted by molar-refractivity contribution is 8.03. The fourth-order valence-electron chi connectivity index (χ4n) is 2.76. The standard InChI is InChI=1S/C19H16N4O3S/c1-11(2)23-17(24)15-8-5-13(9-16(15)18(23)25)22-19(26)21-12-3-6-14(7-4-12)27-10-20/h3-9,11H,1-2H3,(H2,21,22,26). The summed E-state index contributed by atoms with van der Waals surface area (Å²) in [7, 11) is 0. The molecule has 2 N–H and O–H groups in total. The Bertz CT molecular complexity index is 964. The molecule has 2 aromatic rings. The van der Waals surface area contributed by atoms with Crippen LogP contribution in [-0.4, -0.2) is 28.8 Å². The van der Waals surface area contributed by atoms with Crippen LogP contribution < -0.4 is 10.6 Å². The number of benzene rings is 2. The number of thioether (sulfide) groups is 1. The number of nitriles is 1. The second-order valence-corrected chi connectivity index (χ2v) is 6.99. The molecule has 0 saturated heterocycles. The molecule has 0 radical (unpaired) electrons. The van der Waals surface area contributed by atoms with Crippen molar-refractivity contribution in [3.63, 3.8) is 0 Å². The third-order valence-electron chi connectivity index (χ3n) is 3.97. The van der Waals surface area contributed by atoms with Crippen molar-refractivity contribution < 1.29 is 14.4 Å². The van der Waals surface area contributed by atoms with Gasteiger partial charge in [-0.1, -0.05) is 0 Å². The largest absolute Gasteiger partial charge is 0.323 e. The lowest BCUT2D eigenvalue weighted by atomic mass is 10.1. The second-order valence-electron chi connectivity index (χ2n) is 6.13. The van der Waals surface area contributed by atoms with Crippen molar-refractivity contribution in [1.82, 2.24) is 4.90 Å². The van der Waals surface area contributed by atoms with Crippen molar-refractivity contribution in [3.8, 4) is 5.40 Å². The molecule has 0 bridgehead atoms. The number of nitrogens with one attached hydrogen (secondary N) is 2. The van der Waals surface area contributed by atoms with Gasteiger partial charge in [0.25, 0.3) is 11.8 Å². The van der Waals surface area contributed by atoms with Crippen LogP contribution in [0.4, 0.5) is 16.2 Å². The van der Waals surface area contributed by atoms with E-state index in [0.717, 1.165) is 16.7 Å². The van der Waals surface area contributed by atoms with Gasteiger partial charge in [-0.3, -0.25) is 14.5 Å². The molecule has 0 saturated carbocycles. The van der Waals surface area contributed by atoms with Crippen LogP contribution in [-0.2, 0) is 0 Å². The maximum absolute atomic E-state index is 12.4. The molecule has 7 nitrogen and oxygen atoms in total. The summed E-state index contributed by atoms with van der Waals surface area (Å²) in [5.41, 5.74) is 1.59. The maximum atomic E-state index is 12.4. The van der Waals surface area contributed by atoms with Gasteiger partial charge in [0.2, 0.25) is 0 Å². The molecule has 1 aliphatic heterocycles. The SMILES string of the molecule is CC(C)N1C(=O)c2ccc(NC(=O)Nc3ccc(SC#N)cc3)cc2C1=O. The number of amides is 4. The van der Waals surface area contributed by atoms with Crippen LogP contribution in [0, 0.1) is 10.7 Å². The van der Waals surface area contributed by atoms with E-state index in [2.05, 4.69) is 10.6 Å². The number of rotatable bonds is 4. The number of nitrogens with zero attached hydrogens (tertiary/aromatic N) is 2. The molecular weight excluding hydrogens is 364 g/mol. The highest BCUT2D eigenvalue weighted by Crippen LogP contribution is 2.27. The first kappa shape index (κ1) is 18.5. The Balaban J connectivity index is 1.70. The molecule has 0 fully saturated rings. The average Bonchev–Trinajstić information content (AvgIpc) is 2.87. The van der Waals surface area contributed by atoms with Crippen LogP contribution in [0.2, 0.25) is 0 Å². The molecule has 1 heterocycles. The summed E-state index contributed by atoms with van der Waals surface area (Å²) in [4.78, 5) is 38.8. The predicted molar refractivity (Wildman–Crippen MR) is 103 cm³/mol. The van der Waals surface area contributed by atoms with Crippen LogP contribution in [0.25, 0.3) is 0 Å². The number of hydrogen-bond donors (Lipinski definition) is 2. The maximum Gasteiger partial charge on any atom is 0.323 e. The molecule has 3 rings (SSSR count). The number of carbonyl (C=O) groups excluding carboxylic acids is 3. The summed E-state index contributed by atoms with van der Waals surface area (Å²) >= 11 is 1.03. The Morgan fingerprint density at radius 2 is 1.59 bits per heavy atom. The zero-order valence-electron chi connectivity index (χ0n) is 14.6. The molecule has 4 amide bonds. The zero-order chi connectivity index (χ0) is 19.6. The first-order valence-corrected chi connectivity index (χ1v) is 8.98. The Morgan fingerprint density at radius 1 is 1.00 bits per heavy atom. The summed E-state index contributed by atoms with van der Waals surface area (Å²) < 4.78 is 0. The van der Waals surface area contributed by atoms with E-state index in [0.29, 0.717) is 16.9 Å². The van der Waals surface area contributed by atoms with Crippen molar-refractivity contribution >= 4 is 41.0 Å². The fraction of sp³-hybridized carbons (Fsp3) is 0.158. The Morgan fingerprint density at radius 3 is 2.22 bits per heavy atom. The van der Waals surface area contributed by atoms with E-state index >= 15 is 0 Å². The van der Waals surface area contributed by atoms with Gasteiger partial charge < -0.3 is 10.6 Å². The van der Waals surface area contributed by atoms with E-state index in [1.807, 2.05) is 5.40 Å². The monoisotopic (exact) mass is 380 g/mol. The number of hydrogen-bond acceptors (Lipinski definition) is 5. The van der Waals surface area contributed by atoms with Gasteiger partial charge in [-0.2, -0.15) is 5.26 Å². The van der Waals surface area contributed by atoms with E-state index in [4.69, 9.17) is 5.26 Å². The lowest BCUT2D eigenvalue weighted by molar-refractivity contribution is 0.0609. The third-order valence-corrected chi connectivity index (χ3v) is 4.57. The van der Waals surface area contributed by atoms with Gasteiger partial charge in [0.05, 0.1) is 11.1 Å². The van der Waals surface area contributed by atoms with Gasteiger partial charge in [0.1, 0.15) is 5.40 Å². The lowest BCUT2D eigenvalue weighted by Crippen LogP contribution is -2.35. The minimum Gasteiger partial charge on any atom is -0.308 e. The number of anilines is 2. The first-order valence-electron chi connectivity index (χ1n) is 8.16. The van der Waals surface area contributed by atoms with Gasteiger partial charge in [-0.05, 0) is 68.1 Å². The van der Waals surface area contributed by atoms with Crippen LogP contribution in [0.15, 0.2) is 47.4 Å². The van der Waals surface area contributed by atoms with E-state index < -0.39 is 6.03 Å². The summed E-state index contributed by atoms with van der Waals surface area (Å²) in [6, 6.07) is 10.7. The second kappa shape index (κ2) is 7.51. The minimum atomic E-state index is -0.479. The topological polar surface area (TPSA) is 102 Å². The number of carbonyl (C=O) groups is 3.